The van der Waals surface area contributed by atoms with E-state index in [0.717, 1.165) is 12.8 Å². The van der Waals surface area contributed by atoms with Crippen LogP contribution in [0.1, 0.15) is 26.7 Å². The van der Waals surface area contributed by atoms with Gasteiger partial charge in [-0.3, -0.25) is 0 Å². The number of hydrogen-bond donors (Lipinski definition) is 1. The molecular formula is C9H15O. The zero-order valence-corrected chi connectivity index (χ0v) is 6.67. The molecule has 0 fully saturated rings. The molecule has 10 heavy (non-hydrogen) atoms. The Hall–Kier alpha value is -0.560. The zero-order chi connectivity index (χ0) is 8.04. The quantitative estimate of drug-likeness (QED) is 0.591. The summed E-state index contributed by atoms with van der Waals surface area (Å²) in [5, 5.41) is 9.60. The van der Waals surface area contributed by atoms with E-state index in [1.54, 1.807) is 12.2 Å². The van der Waals surface area contributed by atoms with Crippen molar-refractivity contribution in [2.75, 3.05) is 0 Å². The Morgan fingerprint density at radius 1 is 1.40 bits per heavy atom. The molecule has 0 bridgehead atoms. The molecule has 0 unspecified atom stereocenters. The summed E-state index contributed by atoms with van der Waals surface area (Å²) in [6.45, 7) is 9.02. The lowest BCUT2D eigenvalue weighted by Gasteiger charge is -2.19. The topological polar surface area (TPSA) is 20.2 Å². The van der Waals surface area contributed by atoms with Gasteiger partial charge in [0.1, 0.15) is 0 Å². The SMILES string of the molecule is [CH]=C/C=C/C(O)(CC)CC. The maximum absolute atomic E-state index is 9.60. The third-order valence-corrected chi connectivity index (χ3v) is 1.74. The van der Waals surface area contributed by atoms with Crippen molar-refractivity contribution in [1.82, 2.24) is 0 Å². The molecule has 1 radical (unpaired) electrons. The molecule has 1 nitrogen and oxygen atoms in total. The van der Waals surface area contributed by atoms with Crippen LogP contribution in [0.25, 0.3) is 0 Å². The minimum absolute atomic E-state index is 0.657. The van der Waals surface area contributed by atoms with E-state index < -0.39 is 5.60 Å². The van der Waals surface area contributed by atoms with Crippen LogP contribution < -0.4 is 0 Å². The van der Waals surface area contributed by atoms with Crippen LogP contribution in [0.4, 0.5) is 0 Å². The van der Waals surface area contributed by atoms with Gasteiger partial charge in [0.25, 0.3) is 0 Å². The Balaban J connectivity index is 4.04. The number of aliphatic hydroxyl groups is 1. The second-order valence-electron chi connectivity index (χ2n) is 2.36. The summed E-state index contributed by atoms with van der Waals surface area (Å²) in [6.07, 6.45) is 6.29. The van der Waals surface area contributed by atoms with E-state index >= 15 is 0 Å². The molecule has 57 valence electrons. The van der Waals surface area contributed by atoms with Crippen molar-refractivity contribution in [2.45, 2.75) is 32.3 Å². The first kappa shape index (κ1) is 9.44. The predicted molar refractivity (Wildman–Crippen MR) is 43.5 cm³/mol. The average Bonchev–Trinajstić information content (AvgIpc) is 2.00. The molecule has 0 aromatic carbocycles. The van der Waals surface area contributed by atoms with Gasteiger partial charge in [-0.1, -0.05) is 38.7 Å². The Kier molecular flexibility index (Phi) is 4.05. The summed E-state index contributed by atoms with van der Waals surface area (Å²) in [7, 11) is 0. The van der Waals surface area contributed by atoms with Gasteiger partial charge in [0.2, 0.25) is 0 Å². The molecule has 0 rings (SSSR count). The fourth-order valence-electron chi connectivity index (χ4n) is 0.720. The van der Waals surface area contributed by atoms with E-state index in [-0.39, 0.29) is 0 Å². The van der Waals surface area contributed by atoms with Crippen LogP contribution in [-0.4, -0.2) is 10.7 Å². The van der Waals surface area contributed by atoms with Crippen molar-refractivity contribution in [1.29, 1.82) is 0 Å². The first-order valence-corrected chi connectivity index (χ1v) is 3.63. The van der Waals surface area contributed by atoms with Gasteiger partial charge >= 0.3 is 0 Å². The monoisotopic (exact) mass is 139 g/mol. The van der Waals surface area contributed by atoms with Crippen LogP contribution in [0.2, 0.25) is 0 Å². The molecule has 0 spiro atoms. The summed E-state index contributed by atoms with van der Waals surface area (Å²) in [5.74, 6) is 0. The maximum atomic E-state index is 9.60. The smallest absolute Gasteiger partial charge is 0.0825 e. The second kappa shape index (κ2) is 4.29. The van der Waals surface area contributed by atoms with E-state index in [0.29, 0.717) is 0 Å². The lowest BCUT2D eigenvalue weighted by Crippen LogP contribution is -2.22. The highest BCUT2D eigenvalue weighted by Crippen LogP contribution is 2.15. The maximum Gasteiger partial charge on any atom is 0.0825 e. The van der Waals surface area contributed by atoms with E-state index in [2.05, 4.69) is 0 Å². The van der Waals surface area contributed by atoms with Crippen molar-refractivity contribution in [3.05, 3.63) is 24.8 Å². The van der Waals surface area contributed by atoms with Crippen LogP contribution in [0.3, 0.4) is 0 Å². The minimum atomic E-state index is -0.657. The predicted octanol–water partition coefficient (Wildman–Crippen LogP) is 2.08. The molecule has 0 saturated heterocycles. The average molecular weight is 139 g/mol. The Bertz CT molecular complexity index is 121. The van der Waals surface area contributed by atoms with Crippen molar-refractivity contribution in [2.24, 2.45) is 0 Å². The van der Waals surface area contributed by atoms with Crippen molar-refractivity contribution >= 4 is 0 Å². The molecule has 0 saturated carbocycles. The molecule has 1 heteroatoms. The van der Waals surface area contributed by atoms with Crippen molar-refractivity contribution in [3.63, 3.8) is 0 Å². The van der Waals surface area contributed by atoms with Gasteiger partial charge in [-0.25, -0.2) is 0 Å². The fraction of sp³-hybridized carbons (Fsp3) is 0.556. The van der Waals surface area contributed by atoms with Gasteiger partial charge in [-0.05, 0) is 12.8 Å². The third kappa shape index (κ3) is 2.83. The molecule has 0 aromatic heterocycles. The number of rotatable bonds is 4. The standard InChI is InChI=1S/C9H15O/c1-4-7-8-9(10,5-2)6-3/h1,4,7-8,10H,5-6H2,2-3H3/b4-1?,8-7+. The molecule has 0 aliphatic carbocycles. The molecular weight excluding hydrogens is 124 g/mol. The third-order valence-electron chi connectivity index (χ3n) is 1.74. The van der Waals surface area contributed by atoms with Crippen molar-refractivity contribution in [3.8, 4) is 0 Å². The lowest BCUT2D eigenvalue weighted by atomic mass is 9.97. The van der Waals surface area contributed by atoms with E-state index in [1.165, 1.54) is 6.08 Å². The summed E-state index contributed by atoms with van der Waals surface area (Å²) < 4.78 is 0. The van der Waals surface area contributed by atoms with E-state index in [9.17, 15) is 5.11 Å². The molecule has 0 aliphatic heterocycles. The van der Waals surface area contributed by atoms with Gasteiger partial charge in [0, 0.05) is 0 Å². The van der Waals surface area contributed by atoms with E-state index in [1.807, 2.05) is 13.8 Å². The Morgan fingerprint density at radius 3 is 2.20 bits per heavy atom. The van der Waals surface area contributed by atoms with Gasteiger partial charge in [-0.15, -0.1) is 0 Å². The highest BCUT2D eigenvalue weighted by molar-refractivity contribution is 5.05. The largest absolute Gasteiger partial charge is 0.386 e. The number of allylic oxidation sites excluding steroid dienone is 2. The fourth-order valence-corrected chi connectivity index (χ4v) is 0.720. The summed E-state index contributed by atoms with van der Waals surface area (Å²) in [6, 6.07) is 0. The number of hydrogen-bond acceptors (Lipinski definition) is 1. The Morgan fingerprint density at radius 2 is 1.90 bits per heavy atom. The first-order valence-electron chi connectivity index (χ1n) is 3.63. The summed E-state index contributed by atoms with van der Waals surface area (Å²) >= 11 is 0. The van der Waals surface area contributed by atoms with Gasteiger partial charge in [0.15, 0.2) is 0 Å². The first-order chi connectivity index (χ1) is 4.68. The second-order valence-corrected chi connectivity index (χ2v) is 2.36. The molecule has 0 amide bonds. The molecule has 1 N–H and O–H groups in total. The zero-order valence-electron chi connectivity index (χ0n) is 6.67. The van der Waals surface area contributed by atoms with Crippen LogP contribution in [0, 0.1) is 6.58 Å². The summed E-state index contributed by atoms with van der Waals surface area (Å²) in [4.78, 5) is 0. The van der Waals surface area contributed by atoms with Gasteiger partial charge in [0.05, 0.1) is 5.60 Å². The Labute approximate surface area is 63.1 Å². The molecule has 0 heterocycles. The van der Waals surface area contributed by atoms with Crippen molar-refractivity contribution < 1.29 is 5.11 Å². The van der Waals surface area contributed by atoms with Crippen LogP contribution in [0.5, 0.6) is 0 Å². The molecule has 0 aliphatic rings. The van der Waals surface area contributed by atoms with Gasteiger partial charge in [-0.2, -0.15) is 0 Å². The lowest BCUT2D eigenvalue weighted by molar-refractivity contribution is 0.0828. The molecule has 0 aromatic rings. The highest BCUT2D eigenvalue weighted by atomic mass is 16.3. The highest BCUT2D eigenvalue weighted by Gasteiger charge is 2.16. The van der Waals surface area contributed by atoms with Crippen LogP contribution in [-0.2, 0) is 0 Å². The van der Waals surface area contributed by atoms with Crippen LogP contribution >= 0.6 is 0 Å². The van der Waals surface area contributed by atoms with E-state index in [4.69, 9.17) is 6.58 Å². The molecule has 0 atom stereocenters. The van der Waals surface area contributed by atoms with Gasteiger partial charge < -0.3 is 5.11 Å². The van der Waals surface area contributed by atoms with Crippen LogP contribution in [0.15, 0.2) is 18.2 Å². The minimum Gasteiger partial charge on any atom is -0.386 e. The normalized spacial score (nSPS) is 12.3. The summed E-state index contributed by atoms with van der Waals surface area (Å²) in [5.41, 5.74) is -0.657.